The van der Waals surface area contributed by atoms with Crippen LogP contribution in [0.5, 0.6) is 5.75 Å². The van der Waals surface area contributed by atoms with Crippen molar-refractivity contribution in [1.29, 1.82) is 0 Å². The summed E-state index contributed by atoms with van der Waals surface area (Å²) in [5.41, 5.74) is 3.26. The zero-order valence-electron chi connectivity index (χ0n) is 19.9. The zero-order chi connectivity index (χ0) is 25.5. The Morgan fingerprint density at radius 2 is 1.78 bits per heavy atom. The first-order valence-corrected chi connectivity index (χ1v) is 13.4. The van der Waals surface area contributed by atoms with E-state index in [2.05, 4.69) is 18.2 Å². The lowest BCUT2D eigenvalue weighted by Crippen LogP contribution is -1.96. The highest BCUT2D eigenvalue weighted by molar-refractivity contribution is 8.12. The van der Waals surface area contributed by atoms with Crippen LogP contribution in [0.25, 0.3) is 10.5 Å². The molecule has 0 bridgehead atoms. The molecule has 3 aromatic rings. The standard InChI is InChI=1S/C28H26FNO4S2/c1-2-34-22-15-11-19(12-16-22)24-7-3-5-23(35-28(24)20-9-13-21(29)14-10-20)6-4-8-25(31)26-17-18-27(36-26)30(32)33/h5,9-18H,2-4,6-8H2,1H3. The molecule has 0 saturated heterocycles. The lowest BCUT2D eigenvalue weighted by molar-refractivity contribution is -0.380. The van der Waals surface area contributed by atoms with Crippen molar-refractivity contribution in [1.82, 2.24) is 0 Å². The maximum Gasteiger partial charge on any atom is 0.324 e. The van der Waals surface area contributed by atoms with Crippen molar-refractivity contribution in [2.45, 2.75) is 39.0 Å². The van der Waals surface area contributed by atoms with Gasteiger partial charge in [-0.2, -0.15) is 0 Å². The molecule has 5 nitrogen and oxygen atoms in total. The van der Waals surface area contributed by atoms with Gasteiger partial charge in [-0.05, 0) is 84.5 Å². The fourth-order valence-electron chi connectivity index (χ4n) is 4.03. The van der Waals surface area contributed by atoms with E-state index in [4.69, 9.17) is 4.74 Å². The number of carbonyl (C=O) groups excluding carboxylic acids is 1. The van der Waals surface area contributed by atoms with E-state index in [0.717, 1.165) is 52.4 Å². The lowest BCUT2D eigenvalue weighted by atomic mass is 9.98. The molecule has 0 radical (unpaired) electrons. The van der Waals surface area contributed by atoms with Crippen LogP contribution < -0.4 is 4.74 Å². The molecule has 0 spiro atoms. The Kier molecular flexibility index (Phi) is 8.72. The van der Waals surface area contributed by atoms with E-state index in [1.54, 1.807) is 11.8 Å². The van der Waals surface area contributed by atoms with Crippen LogP contribution in [0.1, 0.15) is 59.8 Å². The number of nitro groups is 1. The maximum absolute atomic E-state index is 13.7. The van der Waals surface area contributed by atoms with Crippen molar-refractivity contribution in [2.24, 2.45) is 0 Å². The second-order valence-electron chi connectivity index (χ2n) is 8.25. The summed E-state index contributed by atoms with van der Waals surface area (Å²) in [7, 11) is 0. The Hall–Kier alpha value is -3.23. The number of hydrogen-bond acceptors (Lipinski definition) is 6. The smallest absolute Gasteiger partial charge is 0.324 e. The highest BCUT2D eigenvalue weighted by Crippen LogP contribution is 2.45. The van der Waals surface area contributed by atoms with Gasteiger partial charge in [-0.1, -0.05) is 53.4 Å². The third-order valence-corrected chi connectivity index (χ3v) is 8.16. The Labute approximate surface area is 217 Å². The summed E-state index contributed by atoms with van der Waals surface area (Å²) in [6, 6.07) is 17.6. The van der Waals surface area contributed by atoms with Crippen molar-refractivity contribution in [3.05, 3.63) is 104 Å². The molecule has 8 heteroatoms. The topological polar surface area (TPSA) is 69.4 Å². The fraction of sp³-hybridized carbons (Fsp3) is 0.250. The molecule has 1 aliphatic heterocycles. The summed E-state index contributed by atoms with van der Waals surface area (Å²) < 4.78 is 19.2. The van der Waals surface area contributed by atoms with Crippen molar-refractivity contribution < 1.29 is 18.8 Å². The highest BCUT2D eigenvalue weighted by atomic mass is 32.2. The van der Waals surface area contributed by atoms with Crippen molar-refractivity contribution >= 4 is 44.4 Å². The van der Waals surface area contributed by atoms with Gasteiger partial charge >= 0.3 is 5.00 Å². The van der Waals surface area contributed by atoms with Crippen LogP contribution in [0.4, 0.5) is 9.39 Å². The highest BCUT2D eigenvalue weighted by Gasteiger charge is 2.19. The SMILES string of the molecule is CCOc1ccc(C2=C(c3ccc(F)cc3)SC(CCCC(=O)c3ccc([N+](=O)[O-])s3)=CCC2)cc1. The summed E-state index contributed by atoms with van der Waals surface area (Å²) in [4.78, 5) is 25.6. The Morgan fingerprint density at radius 1 is 1.06 bits per heavy atom. The molecule has 186 valence electrons. The second-order valence-corrected chi connectivity index (χ2v) is 10.5. The van der Waals surface area contributed by atoms with Gasteiger partial charge in [0.2, 0.25) is 0 Å². The van der Waals surface area contributed by atoms with Gasteiger partial charge in [0, 0.05) is 17.4 Å². The van der Waals surface area contributed by atoms with Crippen LogP contribution in [0.15, 0.2) is 71.6 Å². The molecule has 0 saturated carbocycles. The summed E-state index contributed by atoms with van der Waals surface area (Å²) in [6.45, 7) is 2.56. The van der Waals surface area contributed by atoms with E-state index in [-0.39, 0.29) is 16.6 Å². The Bertz CT molecular complexity index is 1290. The van der Waals surface area contributed by atoms with Gasteiger partial charge in [-0.15, -0.1) is 0 Å². The normalized spacial score (nSPS) is 13.8. The lowest BCUT2D eigenvalue weighted by Gasteiger charge is -2.15. The molecule has 0 N–H and O–H groups in total. The monoisotopic (exact) mass is 523 g/mol. The molecule has 1 aliphatic rings. The Morgan fingerprint density at radius 3 is 2.44 bits per heavy atom. The number of Topliss-reactive ketones (excluding diaryl/α,β-unsaturated/α-hetero) is 1. The van der Waals surface area contributed by atoms with Crippen molar-refractivity contribution in [3.63, 3.8) is 0 Å². The average Bonchev–Trinajstić information content (AvgIpc) is 3.28. The number of ketones is 1. The molecule has 2 heterocycles. The van der Waals surface area contributed by atoms with Gasteiger partial charge in [0.1, 0.15) is 11.6 Å². The molecular weight excluding hydrogens is 497 g/mol. The van der Waals surface area contributed by atoms with Crippen LogP contribution in [0, 0.1) is 15.9 Å². The van der Waals surface area contributed by atoms with Gasteiger partial charge in [0.15, 0.2) is 5.78 Å². The molecular formula is C28H26FNO4S2. The quantitative estimate of drug-likeness (QED) is 0.151. The number of thiophene rings is 1. The number of rotatable bonds is 10. The second kappa shape index (κ2) is 12.1. The van der Waals surface area contributed by atoms with E-state index < -0.39 is 4.92 Å². The van der Waals surface area contributed by atoms with Crippen LogP contribution in [-0.2, 0) is 0 Å². The first-order valence-electron chi connectivity index (χ1n) is 11.8. The van der Waals surface area contributed by atoms with E-state index in [1.807, 2.05) is 31.2 Å². The van der Waals surface area contributed by atoms with E-state index >= 15 is 0 Å². The first kappa shape index (κ1) is 25.9. The van der Waals surface area contributed by atoms with Crippen LogP contribution in [0.2, 0.25) is 0 Å². The molecule has 0 fully saturated rings. The van der Waals surface area contributed by atoms with Gasteiger partial charge in [-0.25, -0.2) is 4.39 Å². The molecule has 0 atom stereocenters. The predicted octanol–water partition coefficient (Wildman–Crippen LogP) is 8.53. The van der Waals surface area contributed by atoms with Crippen LogP contribution >= 0.6 is 23.1 Å². The molecule has 36 heavy (non-hydrogen) atoms. The van der Waals surface area contributed by atoms with Gasteiger partial charge in [0.25, 0.3) is 0 Å². The maximum atomic E-state index is 13.7. The Balaban J connectivity index is 1.51. The summed E-state index contributed by atoms with van der Waals surface area (Å²) in [6.07, 6.45) is 5.63. The van der Waals surface area contributed by atoms with Crippen molar-refractivity contribution in [2.75, 3.05) is 6.61 Å². The van der Waals surface area contributed by atoms with E-state index in [0.29, 0.717) is 24.3 Å². The third kappa shape index (κ3) is 6.50. The predicted molar refractivity (Wildman–Crippen MR) is 145 cm³/mol. The molecule has 4 rings (SSSR count). The number of allylic oxidation sites excluding steroid dienone is 3. The first-order chi connectivity index (χ1) is 17.4. The van der Waals surface area contributed by atoms with Crippen LogP contribution in [0.3, 0.4) is 0 Å². The number of halogens is 1. The fourth-order valence-corrected chi connectivity index (χ4v) is 6.12. The summed E-state index contributed by atoms with van der Waals surface area (Å²) in [5.74, 6) is 0.478. The summed E-state index contributed by atoms with van der Waals surface area (Å²) in [5, 5.41) is 10.9. The minimum Gasteiger partial charge on any atom is -0.494 e. The largest absolute Gasteiger partial charge is 0.494 e. The van der Waals surface area contributed by atoms with E-state index in [1.165, 1.54) is 34.7 Å². The van der Waals surface area contributed by atoms with E-state index in [9.17, 15) is 19.3 Å². The number of nitrogens with zero attached hydrogens (tertiary/aromatic N) is 1. The van der Waals surface area contributed by atoms with Crippen molar-refractivity contribution in [3.8, 4) is 5.75 Å². The van der Waals surface area contributed by atoms with Gasteiger partial charge in [0.05, 0.1) is 16.4 Å². The molecule has 2 aromatic carbocycles. The minimum atomic E-state index is -0.473. The van der Waals surface area contributed by atoms with Gasteiger partial charge in [-0.3, -0.25) is 14.9 Å². The number of carbonyl (C=O) groups is 1. The average molecular weight is 524 g/mol. The van der Waals surface area contributed by atoms with Crippen LogP contribution in [-0.4, -0.2) is 17.3 Å². The zero-order valence-corrected chi connectivity index (χ0v) is 21.5. The number of benzene rings is 2. The summed E-state index contributed by atoms with van der Waals surface area (Å²) >= 11 is 2.60. The number of thioether (sulfide) groups is 1. The number of ether oxygens (including phenoxy) is 1. The third-order valence-electron chi connectivity index (χ3n) is 5.77. The minimum absolute atomic E-state index is 0.0173. The molecule has 0 aliphatic carbocycles. The molecule has 1 aromatic heterocycles. The molecule has 0 amide bonds. The molecule has 0 unspecified atom stereocenters. The van der Waals surface area contributed by atoms with Gasteiger partial charge < -0.3 is 4.74 Å². The number of hydrogen-bond donors (Lipinski definition) is 0.